The molecule has 1 unspecified atom stereocenters. The molecular weight excluding hydrogens is 384 g/mol. The lowest BCUT2D eigenvalue weighted by Gasteiger charge is -2.21. The molecule has 0 spiro atoms. The van der Waals surface area contributed by atoms with Crippen LogP contribution in [0.2, 0.25) is 0 Å². The fourth-order valence-electron chi connectivity index (χ4n) is 3.61. The Hall–Kier alpha value is -3.88. The van der Waals surface area contributed by atoms with Gasteiger partial charge in [-0.25, -0.2) is 4.68 Å². The molecular formula is C21H18N6O3. The number of benzene rings is 2. The zero-order valence-corrected chi connectivity index (χ0v) is 16.1. The third-order valence-corrected chi connectivity index (χ3v) is 5.37. The minimum atomic E-state index is -0.960. The number of amides is 3. The third-order valence-electron chi connectivity index (χ3n) is 5.37. The third kappa shape index (κ3) is 2.95. The highest BCUT2D eigenvalue weighted by Crippen LogP contribution is 2.36. The van der Waals surface area contributed by atoms with Gasteiger partial charge in [0.25, 0.3) is 11.8 Å². The molecule has 2 aromatic carbocycles. The van der Waals surface area contributed by atoms with Crippen molar-refractivity contribution in [2.45, 2.75) is 31.8 Å². The van der Waals surface area contributed by atoms with Gasteiger partial charge in [0.05, 0.1) is 17.2 Å². The number of imide groups is 1. The van der Waals surface area contributed by atoms with Crippen molar-refractivity contribution in [3.63, 3.8) is 0 Å². The Labute approximate surface area is 171 Å². The molecule has 1 aromatic heterocycles. The first-order chi connectivity index (χ1) is 14.5. The van der Waals surface area contributed by atoms with E-state index in [0.717, 1.165) is 23.3 Å². The monoisotopic (exact) mass is 402 g/mol. The lowest BCUT2D eigenvalue weighted by Crippen LogP contribution is -2.45. The molecule has 1 fully saturated rings. The van der Waals surface area contributed by atoms with Crippen molar-refractivity contribution >= 4 is 23.4 Å². The highest BCUT2D eigenvalue weighted by atomic mass is 16.2. The zero-order valence-electron chi connectivity index (χ0n) is 16.1. The van der Waals surface area contributed by atoms with Crippen molar-refractivity contribution in [3.8, 4) is 11.4 Å². The summed E-state index contributed by atoms with van der Waals surface area (Å²) in [5, 5.41) is 14.7. The van der Waals surface area contributed by atoms with Gasteiger partial charge in [-0.2, -0.15) is 0 Å². The summed E-state index contributed by atoms with van der Waals surface area (Å²) in [6, 6.07) is 13.1. The molecule has 1 atom stereocenters. The lowest BCUT2D eigenvalue weighted by atomic mass is 10.1. The van der Waals surface area contributed by atoms with Gasteiger partial charge >= 0.3 is 0 Å². The largest absolute Gasteiger partial charge is 0.324 e. The van der Waals surface area contributed by atoms with E-state index in [1.54, 1.807) is 47.1 Å². The number of rotatable bonds is 5. The van der Waals surface area contributed by atoms with Crippen LogP contribution in [0.1, 0.15) is 46.5 Å². The number of hydrogen-bond acceptors (Lipinski definition) is 6. The van der Waals surface area contributed by atoms with E-state index in [1.807, 2.05) is 6.07 Å². The number of nitrogens with zero attached hydrogens (tertiary/aromatic N) is 5. The minimum absolute atomic E-state index is 0.316. The normalized spacial score (nSPS) is 16.5. The van der Waals surface area contributed by atoms with Gasteiger partial charge in [-0.1, -0.05) is 24.3 Å². The summed E-state index contributed by atoms with van der Waals surface area (Å²) in [6.07, 6.45) is 2.10. The van der Waals surface area contributed by atoms with Crippen LogP contribution in [0.4, 0.5) is 5.69 Å². The van der Waals surface area contributed by atoms with Crippen LogP contribution in [0.3, 0.4) is 0 Å². The highest BCUT2D eigenvalue weighted by molar-refractivity contribution is 6.23. The van der Waals surface area contributed by atoms with E-state index in [2.05, 4.69) is 20.8 Å². The highest BCUT2D eigenvalue weighted by Gasteiger charge is 2.40. The fraction of sp³-hybridized carbons (Fsp3) is 0.238. The summed E-state index contributed by atoms with van der Waals surface area (Å²) < 4.78 is 1.79. The van der Waals surface area contributed by atoms with Crippen molar-refractivity contribution in [1.82, 2.24) is 25.1 Å². The number of fused-ring (bicyclic) bond motifs is 1. The van der Waals surface area contributed by atoms with Crippen molar-refractivity contribution in [1.29, 1.82) is 0 Å². The van der Waals surface area contributed by atoms with Gasteiger partial charge in [0.1, 0.15) is 6.04 Å². The second-order valence-electron chi connectivity index (χ2n) is 7.45. The predicted molar refractivity (Wildman–Crippen MR) is 107 cm³/mol. The second kappa shape index (κ2) is 6.87. The maximum Gasteiger partial charge on any atom is 0.262 e. The molecule has 9 heteroatoms. The molecule has 1 aliphatic heterocycles. The van der Waals surface area contributed by atoms with Gasteiger partial charge in [0.15, 0.2) is 5.82 Å². The van der Waals surface area contributed by atoms with Gasteiger partial charge < -0.3 is 5.32 Å². The van der Waals surface area contributed by atoms with Crippen LogP contribution < -0.4 is 5.32 Å². The first-order valence-electron chi connectivity index (χ1n) is 9.70. The van der Waals surface area contributed by atoms with Crippen LogP contribution in [0, 0.1) is 0 Å². The maximum atomic E-state index is 12.8. The molecule has 2 heterocycles. The van der Waals surface area contributed by atoms with Gasteiger partial charge in [-0.3, -0.25) is 19.3 Å². The van der Waals surface area contributed by atoms with E-state index < -0.39 is 23.8 Å². The summed E-state index contributed by atoms with van der Waals surface area (Å²) >= 11 is 0. The summed E-state index contributed by atoms with van der Waals surface area (Å²) in [7, 11) is 0. The Morgan fingerprint density at radius 2 is 1.77 bits per heavy atom. The second-order valence-corrected chi connectivity index (χ2v) is 7.45. The Bertz CT molecular complexity index is 1150. The van der Waals surface area contributed by atoms with E-state index in [4.69, 9.17) is 0 Å². The molecule has 3 aromatic rings. The van der Waals surface area contributed by atoms with Gasteiger partial charge in [-0.05, 0) is 54.5 Å². The SMILES string of the molecule is CC(C(=O)Nc1cccc(-c2nnnn2C2CC2)c1)N1C(=O)c2ccccc2C1=O. The summed E-state index contributed by atoms with van der Waals surface area (Å²) in [4.78, 5) is 39.1. The van der Waals surface area contributed by atoms with E-state index in [-0.39, 0.29) is 0 Å². The lowest BCUT2D eigenvalue weighted by molar-refractivity contribution is -0.119. The zero-order chi connectivity index (χ0) is 20.8. The Kier molecular flexibility index (Phi) is 4.16. The van der Waals surface area contributed by atoms with Gasteiger partial charge in [0, 0.05) is 11.3 Å². The summed E-state index contributed by atoms with van der Waals surface area (Å²) in [5.41, 5.74) is 1.94. The number of hydrogen-bond donors (Lipinski definition) is 1. The molecule has 150 valence electrons. The molecule has 0 radical (unpaired) electrons. The molecule has 3 amide bonds. The molecule has 9 nitrogen and oxygen atoms in total. The number of tetrazole rings is 1. The average molecular weight is 402 g/mol. The standard InChI is InChI=1S/C21H18N6O3/c1-12(26-20(29)16-7-2-3-8-17(16)21(26)30)19(28)22-14-6-4-5-13(11-14)18-23-24-25-27(18)15-9-10-15/h2-8,11-12,15H,9-10H2,1H3,(H,22,28). The van der Waals surface area contributed by atoms with E-state index in [0.29, 0.717) is 28.7 Å². The molecule has 2 aliphatic rings. The Morgan fingerprint density at radius 3 is 2.43 bits per heavy atom. The van der Waals surface area contributed by atoms with Crippen molar-refractivity contribution in [2.24, 2.45) is 0 Å². The van der Waals surface area contributed by atoms with E-state index in [9.17, 15) is 14.4 Å². The summed E-state index contributed by atoms with van der Waals surface area (Å²) in [6.45, 7) is 1.54. The molecule has 30 heavy (non-hydrogen) atoms. The summed E-state index contributed by atoms with van der Waals surface area (Å²) in [5.74, 6) is -0.739. The molecule has 1 N–H and O–H groups in total. The number of aromatic nitrogens is 4. The van der Waals surface area contributed by atoms with Gasteiger partial charge in [-0.15, -0.1) is 5.10 Å². The van der Waals surface area contributed by atoms with Crippen LogP contribution in [0.15, 0.2) is 48.5 Å². The van der Waals surface area contributed by atoms with Crippen LogP contribution >= 0.6 is 0 Å². The smallest absolute Gasteiger partial charge is 0.262 e. The van der Waals surface area contributed by atoms with Crippen molar-refractivity contribution in [3.05, 3.63) is 59.7 Å². The molecule has 0 saturated heterocycles. The number of carbonyl (C=O) groups is 3. The van der Waals surface area contributed by atoms with Crippen LogP contribution in [-0.2, 0) is 4.79 Å². The van der Waals surface area contributed by atoms with E-state index >= 15 is 0 Å². The average Bonchev–Trinajstić information content (AvgIpc) is 3.43. The molecule has 1 saturated carbocycles. The Balaban J connectivity index is 1.35. The van der Waals surface area contributed by atoms with Crippen molar-refractivity contribution in [2.75, 3.05) is 5.32 Å². The molecule has 1 aliphatic carbocycles. The Morgan fingerprint density at radius 1 is 1.07 bits per heavy atom. The first kappa shape index (κ1) is 18.2. The minimum Gasteiger partial charge on any atom is -0.324 e. The van der Waals surface area contributed by atoms with Crippen molar-refractivity contribution < 1.29 is 14.4 Å². The maximum absolute atomic E-state index is 12.8. The van der Waals surface area contributed by atoms with Crippen LogP contribution in [0.25, 0.3) is 11.4 Å². The van der Waals surface area contributed by atoms with Gasteiger partial charge in [0.2, 0.25) is 5.91 Å². The van der Waals surface area contributed by atoms with Crippen LogP contribution in [-0.4, -0.2) is 48.9 Å². The number of carbonyl (C=O) groups excluding carboxylic acids is 3. The molecule has 5 rings (SSSR count). The molecule has 0 bridgehead atoms. The van der Waals surface area contributed by atoms with E-state index in [1.165, 1.54) is 6.92 Å². The number of nitrogens with one attached hydrogen (secondary N) is 1. The van der Waals surface area contributed by atoms with Crippen LogP contribution in [0.5, 0.6) is 0 Å². The topological polar surface area (TPSA) is 110 Å². The predicted octanol–water partition coefficient (Wildman–Crippen LogP) is 2.30. The quantitative estimate of drug-likeness (QED) is 0.656. The fourth-order valence-corrected chi connectivity index (χ4v) is 3.61. The first-order valence-corrected chi connectivity index (χ1v) is 9.70. The number of anilines is 1.